The van der Waals surface area contributed by atoms with Crippen molar-refractivity contribution in [3.63, 3.8) is 0 Å². The van der Waals surface area contributed by atoms with E-state index in [2.05, 4.69) is 4.18 Å². The van der Waals surface area contributed by atoms with Crippen molar-refractivity contribution >= 4 is 12.0 Å². The SMILES string of the molecule is FC(F)(F)SOC1CCOCC1. The fourth-order valence-electron chi connectivity index (χ4n) is 0.895. The topological polar surface area (TPSA) is 18.5 Å². The van der Waals surface area contributed by atoms with Crippen molar-refractivity contribution in [3.05, 3.63) is 0 Å². The largest absolute Gasteiger partial charge is 0.467 e. The van der Waals surface area contributed by atoms with Crippen molar-refractivity contribution in [1.29, 1.82) is 0 Å². The summed E-state index contributed by atoms with van der Waals surface area (Å²) in [6, 6.07) is 0. The van der Waals surface area contributed by atoms with E-state index < -0.39 is 17.6 Å². The van der Waals surface area contributed by atoms with Crippen LogP contribution >= 0.6 is 12.0 Å². The first-order valence-corrected chi connectivity index (χ1v) is 4.31. The molecule has 0 bridgehead atoms. The van der Waals surface area contributed by atoms with Crippen molar-refractivity contribution < 1.29 is 22.1 Å². The molecule has 1 saturated heterocycles. The van der Waals surface area contributed by atoms with Gasteiger partial charge in [0.2, 0.25) is 0 Å². The predicted octanol–water partition coefficient (Wildman–Crippen LogP) is 2.35. The lowest BCUT2D eigenvalue weighted by Crippen LogP contribution is -2.22. The van der Waals surface area contributed by atoms with E-state index in [9.17, 15) is 13.2 Å². The van der Waals surface area contributed by atoms with E-state index in [0.717, 1.165) is 0 Å². The maximum atomic E-state index is 11.6. The maximum Gasteiger partial charge on any atom is 0.467 e. The summed E-state index contributed by atoms with van der Waals surface area (Å²) in [7, 11) is 0. The van der Waals surface area contributed by atoms with Crippen LogP contribution in [0.3, 0.4) is 0 Å². The average molecular weight is 202 g/mol. The molecule has 0 aromatic carbocycles. The summed E-state index contributed by atoms with van der Waals surface area (Å²) in [5.74, 6) is 0. The number of halogens is 3. The summed E-state index contributed by atoms with van der Waals surface area (Å²) >= 11 is -0.415. The number of ether oxygens (including phenoxy) is 1. The fourth-order valence-corrected chi connectivity index (χ4v) is 1.33. The van der Waals surface area contributed by atoms with Gasteiger partial charge in [0.25, 0.3) is 0 Å². The molecular weight excluding hydrogens is 193 g/mol. The third-order valence-electron chi connectivity index (χ3n) is 1.45. The number of hydrogen-bond donors (Lipinski definition) is 0. The van der Waals surface area contributed by atoms with Crippen LogP contribution < -0.4 is 0 Å². The highest BCUT2D eigenvalue weighted by molar-refractivity contribution is 7.95. The summed E-state index contributed by atoms with van der Waals surface area (Å²) in [4.78, 5) is 0. The molecule has 1 aliphatic rings. The first-order valence-electron chi connectivity index (χ1n) is 3.57. The Labute approximate surface area is 72.6 Å². The van der Waals surface area contributed by atoms with Gasteiger partial charge in [-0.1, -0.05) is 0 Å². The average Bonchev–Trinajstić information content (AvgIpc) is 2.02. The van der Waals surface area contributed by atoms with Crippen LogP contribution in [0.4, 0.5) is 13.2 Å². The summed E-state index contributed by atoms with van der Waals surface area (Å²) in [6.07, 6.45) is 0.775. The summed E-state index contributed by atoms with van der Waals surface area (Å²) in [5, 5.41) is 0. The van der Waals surface area contributed by atoms with Gasteiger partial charge in [0.05, 0.1) is 6.10 Å². The van der Waals surface area contributed by atoms with E-state index in [4.69, 9.17) is 4.74 Å². The number of rotatable bonds is 2. The third-order valence-corrected chi connectivity index (χ3v) is 2.00. The van der Waals surface area contributed by atoms with E-state index in [1.165, 1.54) is 0 Å². The van der Waals surface area contributed by atoms with Gasteiger partial charge >= 0.3 is 5.51 Å². The second-order valence-electron chi connectivity index (χ2n) is 2.44. The summed E-state index contributed by atoms with van der Waals surface area (Å²) in [5.41, 5.74) is -4.29. The van der Waals surface area contributed by atoms with Crippen LogP contribution in [0.1, 0.15) is 12.8 Å². The molecule has 0 radical (unpaired) electrons. The van der Waals surface area contributed by atoms with Gasteiger partial charge in [-0.25, -0.2) is 0 Å². The van der Waals surface area contributed by atoms with Crippen molar-refractivity contribution in [2.45, 2.75) is 24.5 Å². The van der Waals surface area contributed by atoms with E-state index in [1.54, 1.807) is 0 Å². The molecule has 72 valence electrons. The molecule has 0 saturated carbocycles. The number of hydrogen-bond acceptors (Lipinski definition) is 3. The third kappa shape index (κ3) is 4.18. The Hall–Kier alpha value is 0.0600. The minimum Gasteiger partial charge on any atom is -0.381 e. The lowest BCUT2D eigenvalue weighted by Gasteiger charge is -2.21. The van der Waals surface area contributed by atoms with Gasteiger partial charge in [0.1, 0.15) is 12.0 Å². The van der Waals surface area contributed by atoms with Crippen molar-refractivity contribution in [3.8, 4) is 0 Å². The Morgan fingerprint density at radius 2 is 1.83 bits per heavy atom. The van der Waals surface area contributed by atoms with Gasteiger partial charge in [-0.2, -0.15) is 13.2 Å². The Bertz CT molecular complexity index is 133. The van der Waals surface area contributed by atoms with Crippen molar-refractivity contribution in [2.75, 3.05) is 13.2 Å². The minimum atomic E-state index is -4.29. The zero-order valence-electron chi connectivity index (χ0n) is 6.26. The minimum absolute atomic E-state index is 0.314. The second kappa shape index (κ2) is 4.34. The van der Waals surface area contributed by atoms with Gasteiger partial charge in [0.15, 0.2) is 0 Å². The quantitative estimate of drug-likeness (QED) is 0.640. The predicted molar refractivity (Wildman–Crippen MR) is 38.6 cm³/mol. The standard InChI is InChI=1S/C6H9F3O2S/c7-6(8,9)12-11-5-1-3-10-4-2-5/h5H,1-4H2. The molecule has 0 N–H and O–H groups in total. The Morgan fingerprint density at radius 1 is 1.25 bits per heavy atom. The summed E-state index contributed by atoms with van der Waals surface area (Å²) < 4.78 is 44.4. The molecule has 1 heterocycles. The van der Waals surface area contributed by atoms with Crippen LogP contribution in [0.15, 0.2) is 0 Å². The van der Waals surface area contributed by atoms with Crippen LogP contribution in [-0.4, -0.2) is 24.8 Å². The highest BCUT2D eigenvalue weighted by atomic mass is 32.2. The zero-order chi connectivity index (χ0) is 9.03. The Balaban J connectivity index is 2.13. The highest BCUT2D eigenvalue weighted by Gasteiger charge is 2.32. The van der Waals surface area contributed by atoms with Crippen LogP contribution in [0.2, 0.25) is 0 Å². The van der Waals surface area contributed by atoms with E-state index >= 15 is 0 Å². The zero-order valence-corrected chi connectivity index (χ0v) is 7.08. The molecule has 12 heavy (non-hydrogen) atoms. The van der Waals surface area contributed by atoms with Crippen LogP contribution in [0.5, 0.6) is 0 Å². The van der Waals surface area contributed by atoms with Crippen LogP contribution in [0.25, 0.3) is 0 Å². The first kappa shape index (κ1) is 10.1. The highest BCUT2D eigenvalue weighted by Crippen LogP contribution is 2.33. The first-order chi connectivity index (χ1) is 5.58. The monoisotopic (exact) mass is 202 g/mol. The Morgan fingerprint density at radius 3 is 2.33 bits per heavy atom. The number of alkyl halides is 3. The summed E-state index contributed by atoms with van der Waals surface area (Å²) in [6.45, 7) is 0.978. The molecule has 0 aromatic heterocycles. The maximum absolute atomic E-state index is 11.6. The molecule has 0 aromatic rings. The van der Waals surface area contributed by atoms with E-state index in [1.807, 2.05) is 0 Å². The van der Waals surface area contributed by atoms with E-state index in [0.29, 0.717) is 26.1 Å². The smallest absolute Gasteiger partial charge is 0.381 e. The van der Waals surface area contributed by atoms with Crippen LogP contribution in [0, 0.1) is 0 Å². The lowest BCUT2D eigenvalue weighted by molar-refractivity contribution is -0.0460. The lowest BCUT2D eigenvalue weighted by atomic mass is 10.2. The van der Waals surface area contributed by atoms with Gasteiger partial charge in [-0.15, -0.1) is 0 Å². The Kier molecular flexibility index (Phi) is 3.67. The van der Waals surface area contributed by atoms with E-state index in [-0.39, 0.29) is 6.10 Å². The molecule has 1 rings (SSSR count). The molecule has 1 fully saturated rings. The van der Waals surface area contributed by atoms with Gasteiger partial charge in [0, 0.05) is 13.2 Å². The van der Waals surface area contributed by atoms with Gasteiger partial charge in [-0.3, -0.25) is 0 Å². The second-order valence-corrected chi connectivity index (χ2v) is 3.26. The van der Waals surface area contributed by atoms with Crippen molar-refractivity contribution in [1.82, 2.24) is 0 Å². The molecular formula is C6H9F3O2S. The van der Waals surface area contributed by atoms with Crippen LogP contribution in [-0.2, 0) is 8.92 Å². The fraction of sp³-hybridized carbons (Fsp3) is 1.00. The normalized spacial score (nSPS) is 21.2. The molecule has 0 aliphatic carbocycles. The van der Waals surface area contributed by atoms with Gasteiger partial charge in [-0.05, 0) is 12.8 Å². The molecule has 0 spiro atoms. The molecule has 0 amide bonds. The molecule has 0 unspecified atom stereocenters. The molecule has 2 nitrogen and oxygen atoms in total. The molecule has 1 aliphatic heterocycles. The van der Waals surface area contributed by atoms with Gasteiger partial charge < -0.3 is 8.92 Å². The van der Waals surface area contributed by atoms with Crippen molar-refractivity contribution in [2.24, 2.45) is 0 Å². The molecule has 0 atom stereocenters. The molecule has 6 heteroatoms.